The molecule has 84 valence electrons. The van der Waals surface area contributed by atoms with Gasteiger partial charge >= 0.3 is 0 Å². The van der Waals surface area contributed by atoms with Crippen molar-refractivity contribution in [1.29, 1.82) is 0 Å². The monoisotopic (exact) mass is 216 g/mol. The highest BCUT2D eigenvalue weighted by Gasteiger charge is 2.40. The molecule has 0 aromatic rings. The minimum atomic E-state index is 0.0520. The second-order valence-electron chi connectivity index (χ2n) is 4.87. The van der Waals surface area contributed by atoms with Crippen LogP contribution in [0, 0.1) is 11.8 Å². The molecule has 0 spiro atoms. The van der Waals surface area contributed by atoms with Crippen molar-refractivity contribution < 1.29 is 0 Å². The summed E-state index contributed by atoms with van der Waals surface area (Å²) in [7, 11) is 0. The summed E-state index contributed by atoms with van der Waals surface area (Å²) in [6.07, 6.45) is 4.41. The summed E-state index contributed by atoms with van der Waals surface area (Å²) in [6.45, 7) is 4.20. The van der Waals surface area contributed by atoms with Crippen LogP contribution >= 0.6 is 0 Å². The molecule has 0 aromatic carbocycles. The van der Waals surface area contributed by atoms with E-state index in [9.17, 15) is 0 Å². The molecule has 5 aliphatic heterocycles. The van der Waals surface area contributed by atoms with E-state index in [4.69, 9.17) is 11.5 Å². The maximum atomic E-state index is 6.01. The Balaban J connectivity index is 2.19. The summed E-state index contributed by atoms with van der Waals surface area (Å²) in [6, 6.07) is 0.104. The van der Waals surface area contributed by atoms with Gasteiger partial charge < -0.3 is 11.5 Å². The van der Waals surface area contributed by atoms with Crippen LogP contribution in [-0.2, 0) is 0 Å². The van der Waals surface area contributed by atoms with Crippen LogP contribution in [0.25, 0.3) is 0 Å². The van der Waals surface area contributed by atoms with Gasteiger partial charge in [0.2, 0.25) is 0 Å². The lowest BCUT2D eigenvalue weighted by Crippen LogP contribution is -2.48. The number of dihydropyridines is 2. The van der Waals surface area contributed by atoms with E-state index in [2.05, 4.69) is 36.0 Å². The van der Waals surface area contributed by atoms with Gasteiger partial charge in [-0.15, -0.1) is 0 Å². The van der Waals surface area contributed by atoms with E-state index < -0.39 is 0 Å². The Bertz CT molecular complexity index is 381. The SMILES string of the molecule is CC1=CC2C(N)=NC1C1C=C(C)C2N=C1N. The molecule has 0 amide bonds. The first kappa shape index (κ1) is 9.63. The number of nitrogens with zero attached hydrogens (tertiary/aromatic N) is 2. The van der Waals surface area contributed by atoms with Crippen LogP contribution in [0.5, 0.6) is 0 Å². The van der Waals surface area contributed by atoms with Gasteiger partial charge in [-0.05, 0) is 13.8 Å². The predicted molar refractivity (Wildman–Crippen MR) is 65.3 cm³/mol. The minimum absolute atomic E-state index is 0.0520. The zero-order chi connectivity index (χ0) is 11.4. The lowest BCUT2D eigenvalue weighted by Gasteiger charge is -2.39. The first-order valence-corrected chi connectivity index (χ1v) is 5.61. The second-order valence-corrected chi connectivity index (χ2v) is 4.87. The number of hydrogen-bond acceptors (Lipinski definition) is 4. The van der Waals surface area contributed by atoms with E-state index >= 15 is 0 Å². The summed E-state index contributed by atoms with van der Waals surface area (Å²) in [5.74, 6) is 1.59. The highest BCUT2D eigenvalue weighted by Crippen LogP contribution is 2.36. The molecular formula is C12H16N4. The van der Waals surface area contributed by atoms with Crippen molar-refractivity contribution in [3.05, 3.63) is 23.3 Å². The molecule has 4 unspecified atom stereocenters. The van der Waals surface area contributed by atoms with E-state index in [0.717, 1.165) is 0 Å². The Morgan fingerprint density at radius 2 is 1.25 bits per heavy atom. The zero-order valence-electron chi connectivity index (χ0n) is 9.51. The Kier molecular flexibility index (Phi) is 1.79. The lowest BCUT2D eigenvalue weighted by molar-refractivity contribution is 0.550. The van der Waals surface area contributed by atoms with Crippen molar-refractivity contribution in [2.45, 2.75) is 25.9 Å². The number of hydrogen-bond donors (Lipinski definition) is 2. The minimum Gasteiger partial charge on any atom is -0.387 e. The zero-order valence-corrected chi connectivity index (χ0v) is 9.51. The fourth-order valence-corrected chi connectivity index (χ4v) is 2.86. The normalized spacial score (nSPS) is 40.6. The first-order chi connectivity index (χ1) is 7.58. The molecule has 4 heteroatoms. The van der Waals surface area contributed by atoms with E-state index in [-0.39, 0.29) is 23.9 Å². The Hall–Kier alpha value is -1.58. The molecule has 4 nitrogen and oxygen atoms in total. The lowest BCUT2D eigenvalue weighted by atomic mass is 9.76. The number of nitrogens with two attached hydrogens (primary N) is 2. The van der Waals surface area contributed by atoms with Crippen molar-refractivity contribution in [3.63, 3.8) is 0 Å². The van der Waals surface area contributed by atoms with Crippen LogP contribution in [0.4, 0.5) is 0 Å². The van der Waals surface area contributed by atoms with E-state index in [1.54, 1.807) is 0 Å². The maximum absolute atomic E-state index is 6.01. The van der Waals surface area contributed by atoms with Gasteiger partial charge in [-0.25, -0.2) is 0 Å². The number of amidine groups is 2. The molecular weight excluding hydrogens is 200 g/mol. The van der Waals surface area contributed by atoms with Gasteiger partial charge in [0.15, 0.2) is 0 Å². The maximum Gasteiger partial charge on any atom is 0.104 e. The Morgan fingerprint density at radius 3 is 1.62 bits per heavy atom. The molecule has 5 heterocycles. The van der Waals surface area contributed by atoms with Crippen LogP contribution in [0.1, 0.15) is 13.8 Å². The summed E-state index contributed by atoms with van der Waals surface area (Å²) >= 11 is 0. The molecule has 0 fully saturated rings. The molecule has 1 aliphatic carbocycles. The average molecular weight is 216 g/mol. The molecule has 4 N–H and O–H groups in total. The standard InChI is InChI=1S/C12H16N4/c1-5-3-7-10-6(2)4-8(12(14)16-10)9(5)15-11(7)13/h3-4,7-10H,1-2H3,(H2,13,15)(H2,14,16). The largest absolute Gasteiger partial charge is 0.387 e. The van der Waals surface area contributed by atoms with Gasteiger partial charge in [0, 0.05) is 0 Å². The molecule has 6 aliphatic rings. The highest BCUT2D eigenvalue weighted by atomic mass is 15.0. The van der Waals surface area contributed by atoms with E-state index in [1.165, 1.54) is 11.1 Å². The van der Waals surface area contributed by atoms with Crippen LogP contribution in [-0.4, -0.2) is 23.8 Å². The Morgan fingerprint density at radius 1 is 0.875 bits per heavy atom. The molecule has 6 rings (SSSR count). The van der Waals surface area contributed by atoms with Gasteiger partial charge in [0.1, 0.15) is 11.7 Å². The molecule has 0 aromatic heterocycles. The second kappa shape index (κ2) is 2.97. The summed E-state index contributed by atoms with van der Waals surface area (Å²) in [5, 5.41) is 0. The predicted octanol–water partition coefficient (Wildman–Crippen LogP) is 0.604. The number of rotatable bonds is 0. The van der Waals surface area contributed by atoms with Gasteiger partial charge in [0.25, 0.3) is 0 Å². The number of aliphatic imine (C=N–C) groups is 2. The van der Waals surface area contributed by atoms with Gasteiger partial charge in [-0.1, -0.05) is 23.3 Å². The average Bonchev–Trinajstić information content (AvgIpc) is 2.23. The van der Waals surface area contributed by atoms with Gasteiger partial charge in [0.05, 0.1) is 23.9 Å². The summed E-state index contributed by atoms with van der Waals surface area (Å²) in [4.78, 5) is 9.15. The fourth-order valence-electron chi connectivity index (χ4n) is 2.86. The topological polar surface area (TPSA) is 76.8 Å². The molecule has 0 radical (unpaired) electrons. The summed E-state index contributed by atoms with van der Waals surface area (Å²) in [5.41, 5.74) is 14.5. The third-order valence-corrected chi connectivity index (χ3v) is 3.76. The highest BCUT2D eigenvalue weighted by molar-refractivity contribution is 5.93. The van der Waals surface area contributed by atoms with Crippen molar-refractivity contribution in [1.82, 2.24) is 0 Å². The third kappa shape index (κ3) is 1.10. The van der Waals surface area contributed by atoms with Crippen LogP contribution in [0.3, 0.4) is 0 Å². The van der Waals surface area contributed by atoms with Crippen LogP contribution < -0.4 is 11.5 Å². The molecule has 0 saturated carbocycles. The van der Waals surface area contributed by atoms with Crippen molar-refractivity contribution in [2.75, 3.05) is 0 Å². The van der Waals surface area contributed by atoms with E-state index in [0.29, 0.717) is 11.7 Å². The molecule has 0 saturated heterocycles. The quantitative estimate of drug-likeness (QED) is 0.582. The van der Waals surface area contributed by atoms with Crippen LogP contribution in [0.15, 0.2) is 33.3 Å². The van der Waals surface area contributed by atoms with E-state index in [1.807, 2.05) is 0 Å². The fraction of sp³-hybridized carbons (Fsp3) is 0.500. The molecule has 4 bridgehead atoms. The van der Waals surface area contributed by atoms with Crippen molar-refractivity contribution in [2.24, 2.45) is 33.3 Å². The van der Waals surface area contributed by atoms with Crippen molar-refractivity contribution in [3.8, 4) is 0 Å². The van der Waals surface area contributed by atoms with Gasteiger partial charge in [-0.3, -0.25) is 9.98 Å². The summed E-state index contributed by atoms with van der Waals surface area (Å²) < 4.78 is 0. The molecule has 16 heavy (non-hydrogen) atoms. The Labute approximate surface area is 94.8 Å². The van der Waals surface area contributed by atoms with Crippen LogP contribution in [0.2, 0.25) is 0 Å². The van der Waals surface area contributed by atoms with Gasteiger partial charge in [-0.2, -0.15) is 0 Å². The van der Waals surface area contributed by atoms with Crippen molar-refractivity contribution >= 4 is 11.7 Å². The molecule has 4 atom stereocenters. The third-order valence-electron chi connectivity index (χ3n) is 3.76. The smallest absolute Gasteiger partial charge is 0.104 e. The first-order valence-electron chi connectivity index (χ1n) is 5.61.